The van der Waals surface area contributed by atoms with Crippen LogP contribution in [0.15, 0.2) is 24.3 Å². The zero-order valence-corrected chi connectivity index (χ0v) is 14.8. The van der Waals surface area contributed by atoms with Crippen molar-refractivity contribution in [1.82, 2.24) is 24.9 Å². The summed E-state index contributed by atoms with van der Waals surface area (Å²) in [5.74, 6) is 0.210. The molecular formula is C19H23N5O. The van der Waals surface area contributed by atoms with Gasteiger partial charge in [0.1, 0.15) is 0 Å². The molecule has 6 nitrogen and oxygen atoms in total. The Morgan fingerprint density at radius 3 is 2.84 bits per heavy atom. The number of amides is 1. The lowest BCUT2D eigenvalue weighted by atomic mass is 10.1. The summed E-state index contributed by atoms with van der Waals surface area (Å²) in [7, 11) is 0. The highest BCUT2D eigenvalue weighted by molar-refractivity contribution is 5.84. The van der Waals surface area contributed by atoms with Gasteiger partial charge in [-0.15, -0.1) is 5.10 Å². The van der Waals surface area contributed by atoms with Gasteiger partial charge in [-0.3, -0.25) is 4.79 Å². The first-order valence-electron chi connectivity index (χ1n) is 9.07. The Hall–Kier alpha value is -2.50. The summed E-state index contributed by atoms with van der Waals surface area (Å²) in [6.45, 7) is 4.57. The van der Waals surface area contributed by atoms with Gasteiger partial charge in [0.15, 0.2) is 5.65 Å². The first kappa shape index (κ1) is 16.0. The average molecular weight is 337 g/mol. The van der Waals surface area contributed by atoms with Crippen LogP contribution in [0.1, 0.15) is 50.2 Å². The second-order valence-electron chi connectivity index (χ2n) is 6.96. The first-order valence-corrected chi connectivity index (χ1v) is 9.07. The third-order valence-corrected chi connectivity index (χ3v) is 5.23. The minimum Gasteiger partial charge on any atom is -0.335 e. The van der Waals surface area contributed by atoms with E-state index in [-0.39, 0.29) is 5.91 Å². The molecule has 130 valence electrons. The molecule has 0 aliphatic heterocycles. The summed E-state index contributed by atoms with van der Waals surface area (Å²) in [5, 5.41) is 13.4. The lowest BCUT2D eigenvalue weighted by Crippen LogP contribution is -2.38. The van der Waals surface area contributed by atoms with E-state index in [4.69, 9.17) is 0 Å². The molecule has 2 heterocycles. The Morgan fingerprint density at radius 1 is 1.28 bits per heavy atom. The molecule has 1 aliphatic carbocycles. The number of aromatic nitrogens is 4. The van der Waals surface area contributed by atoms with Crippen LogP contribution in [0, 0.1) is 6.92 Å². The molecule has 1 aromatic carbocycles. The Bertz CT molecular complexity index is 926. The maximum absolute atomic E-state index is 12.6. The lowest BCUT2D eigenvalue weighted by Gasteiger charge is -2.29. The number of benzene rings is 1. The predicted octanol–water partition coefficient (Wildman–Crippen LogP) is 3.27. The standard InChI is InChI=1S/C19H23N5O/c1-3-18(25)23(16-6-4-5-7-16)12-15-11-14-9-8-13(2)10-17(14)24-19(15)20-21-22-24/h8-11,16H,3-7,12H2,1-2H3. The van der Waals surface area contributed by atoms with Crippen LogP contribution in [0.3, 0.4) is 0 Å². The normalized spacial score (nSPS) is 15.3. The highest BCUT2D eigenvalue weighted by Gasteiger charge is 2.27. The molecule has 25 heavy (non-hydrogen) atoms. The average Bonchev–Trinajstić information content (AvgIpc) is 3.31. The van der Waals surface area contributed by atoms with Crippen LogP contribution in [-0.4, -0.2) is 36.9 Å². The maximum Gasteiger partial charge on any atom is 0.222 e. The highest BCUT2D eigenvalue weighted by Crippen LogP contribution is 2.28. The number of carbonyl (C=O) groups is 1. The Balaban J connectivity index is 1.80. The van der Waals surface area contributed by atoms with E-state index in [1.54, 1.807) is 4.52 Å². The largest absolute Gasteiger partial charge is 0.335 e. The smallest absolute Gasteiger partial charge is 0.222 e. The zero-order valence-electron chi connectivity index (χ0n) is 14.8. The second-order valence-corrected chi connectivity index (χ2v) is 6.96. The number of fused-ring (bicyclic) bond motifs is 3. The SMILES string of the molecule is CCC(=O)N(Cc1cc2ccc(C)cc2n2nnnc12)C1CCCC1. The summed E-state index contributed by atoms with van der Waals surface area (Å²) in [6.07, 6.45) is 5.14. The van der Waals surface area contributed by atoms with Crippen LogP contribution in [0.2, 0.25) is 0 Å². The number of rotatable bonds is 4. The number of hydrogen-bond donors (Lipinski definition) is 0. The van der Waals surface area contributed by atoms with Crippen molar-refractivity contribution in [2.75, 3.05) is 0 Å². The Kier molecular flexibility index (Phi) is 4.11. The van der Waals surface area contributed by atoms with E-state index in [9.17, 15) is 4.79 Å². The Labute approximate surface area is 146 Å². The number of hydrogen-bond acceptors (Lipinski definition) is 4. The molecule has 0 unspecified atom stereocenters. The summed E-state index contributed by atoms with van der Waals surface area (Å²) in [6, 6.07) is 8.75. The van der Waals surface area contributed by atoms with Crippen molar-refractivity contribution in [2.45, 2.75) is 58.5 Å². The Morgan fingerprint density at radius 2 is 2.08 bits per heavy atom. The van der Waals surface area contributed by atoms with Gasteiger partial charge in [-0.1, -0.05) is 31.9 Å². The van der Waals surface area contributed by atoms with Gasteiger partial charge in [0, 0.05) is 30.0 Å². The van der Waals surface area contributed by atoms with E-state index in [1.165, 1.54) is 18.4 Å². The van der Waals surface area contributed by atoms with Gasteiger partial charge in [0.2, 0.25) is 5.91 Å². The van der Waals surface area contributed by atoms with Gasteiger partial charge >= 0.3 is 0 Å². The van der Waals surface area contributed by atoms with E-state index in [0.717, 1.165) is 35.0 Å². The van der Waals surface area contributed by atoms with Crippen LogP contribution in [0.4, 0.5) is 0 Å². The highest BCUT2D eigenvalue weighted by atomic mass is 16.2. The number of aryl methyl sites for hydroxylation is 1. The van der Waals surface area contributed by atoms with Crippen LogP contribution >= 0.6 is 0 Å². The summed E-state index contributed by atoms with van der Waals surface area (Å²) >= 11 is 0. The topological polar surface area (TPSA) is 63.4 Å². The van der Waals surface area contributed by atoms with Crippen LogP contribution in [-0.2, 0) is 11.3 Å². The van der Waals surface area contributed by atoms with Crippen molar-refractivity contribution in [2.24, 2.45) is 0 Å². The molecule has 0 radical (unpaired) electrons. The van der Waals surface area contributed by atoms with Gasteiger partial charge in [-0.2, -0.15) is 4.52 Å². The quantitative estimate of drug-likeness (QED) is 0.733. The lowest BCUT2D eigenvalue weighted by molar-refractivity contribution is -0.133. The van der Waals surface area contributed by atoms with Crippen molar-refractivity contribution in [3.63, 3.8) is 0 Å². The molecule has 1 saturated carbocycles. The molecule has 0 saturated heterocycles. The maximum atomic E-state index is 12.6. The monoisotopic (exact) mass is 337 g/mol. The minimum atomic E-state index is 0.210. The minimum absolute atomic E-state index is 0.210. The van der Waals surface area contributed by atoms with Gasteiger partial charge in [0.05, 0.1) is 5.52 Å². The fraction of sp³-hybridized carbons (Fsp3) is 0.474. The third kappa shape index (κ3) is 2.86. The van der Waals surface area contributed by atoms with Gasteiger partial charge in [0.25, 0.3) is 0 Å². The van der Waals surface area contributed by atoms with Crippen molar-refractivity contribution < 1.29 is 4.79 Å². The van der Waals surface area contributed by atoms with Crippen LogP contribution in [0.5, 0.6) is 0 Å². The van der Waals surface area contributed by atoms with E-state index in [0.29, 0.717) is 19.0 Å². The number of carbonyl (C=O) groups excluding carboxylic acids is 1. The van der Waals surface area contributed by atoms with Crippen molar-refractivity contribution in [3.05, 3.63) is 35.4 Å². The van der Waals surface area contributed by atoms with Crippen molar-refractivity contribution >= 4 is 22.5 Å². The molecule has 6 heteroatoms. The first-order chi connectivity index (χ1) is 12.2. The van der Waals surface area contributed by atoms with Gasteiger partial charge in [-0.25, -0.2) is 0 Å². The molecule has 0 spiro atoms. The summed E-state index contributed by atoms with van der Waals surface area (Å²) in [4.78, 5) is 14.6. The fourth-order valence-corrected chi connectivity index (χ4v) is 3.90. The predicted molar refractivity (Wildman–Crippen MR) is 96.1 cm³/mol. The van der Waals surface area contributed by atoms with E-state index in [2.05, 4.69) is 46.7 Å². The summed E-state index contributed by atoms with van der Waals surface area (Å²) < 4.78 is 1.79. The molecular weight excluding hydrogens is 314 g/mol. The van der Waals surface area contributed by atoms with Gasteiger partial charge < -0.3 is 4.90 Å². The second kappa shape index (κ2) is 6.43. The van der Waals surface area contributed by atoms with Crippen LogP contribution < -0.4 is 0 Å². The summed E-state index contributed by atoms with van der Waals surface area (Å²) in [5.41, 5.74) is 3.92. The third-order valence-electron chi connectivity index (χ3n) is 5.23. The number of tetrazole rings is 1. The molecule has 4 rings (SSSR count). The number of pyridine rings is 1. The fourth-order valence-electron chi connectivity index (χ4n) is 3.90. The molecule has 2 aromatic heterocycles. The van der Waals surface area contributed by atoms with E-state index < -0.39 is 0 Å². The molecule has 0 N–H and O–H groups in total. The van der Waals surface area contributed by atoms with E-state index >= 15 is 0 Å². The van der Waals surface area contributed by atoms with Gasteiger partial charge in [-0.05, 0) is 47.9 Å². The molecule has 3 aromatic rings. The molecule has 1 amide bonds. The molecule has 1 fully saturated rings. The van der Waals surface area contributed by atoms with Crippen molar-refractivity contribution in [3.8, 4) is 0 Å². The van der Waals surface area contributed by atoms with E-state index in [1.807, 2.05) is 11.8 Å². The molecule has 1 aliphatic rings. The molecule has 0 atom stereocenters. The number of nitrogens with zero attached hydrogens (tertiary/aromatic N) is 5. The zero-order chi connectivity index (χ0) is 17.4. The van der Waals surface area contributed by atoms with Crippen LogP contribution in [0.25, 0.3) is 16.6 Å². The molecule has 0 bridgehead atoms. The van der Waals surface area contributed by atoms with Crippen molar-refractivity contribution in [1.29, 1.82) is 0 Å².